The first-order valence-electron chi connectivity index (χ1n) is 6.97. The molecular formula is C14H18N4O. The molecule has 0 atom stereocenters. The van der Waals surface area contributed by atoms with Crippen molar-refractivity contribution < 1.29 is 5.21 Å². The summed E-state index contributed by atoms with van der Waals surface area (Å²) in [4.78, 5) is 4.75. The summed E-state index contributed by atoms with van der Waals surface area (Å²) in [7, 11) is 0. The Morgan fingerprint density at radius 1 is 1.11 bits per heavy atom. The molecule has 100 valence electrons. The van der Waals surface area contributed by atoms with Crippen molar-refractivity contribution in [1.29, 1.82) is 0 Å². The molecule has 0 saturated carbocycles. The Labute approximate surface area is 111 Å². The van der Waals surface area contributed by atoms with E-state index in [1.807, 2.05) is 0 Å². The van der Waals surface area contributed by atoms with Crippen LogP contribution in [0.3, 0.4) is 0 Å². The summed E-state index contributed by atoms with van der Waals surface area (Å²) in [5.74, 6) is 1.10. The van der Waals surface area contributed by atoms with Gasteiger partial charge in [0.1, 0.15) is 5.82 Å². The van der Waals surface area contributed by atoms with Crippen LogP contribution in [0.5, 0.6) is 0 Å². The van der Waals surface area contributed by atoms with Gasteiger partial charge in [-0.05, 0) is 36.2 Å². The Kier molecular flexibility index (Phi) is 2.58. The van der Waals surface area contributed by atoms with E-state index >= 15 is 0 Å². The van der Waals surface area contributed by atoms with E-state index in [1.54, 1.807) is 0 Å². The van der Waals surface area contributed by atoms with E-state index in [1.165, 1.54) is 21.7 Å². The fraction of sp³-hybridized carbons (Fsp3) is 0.500. The van der Waals surface area contributed by atoms with Gasteiger partial charge in [-0.25, -0.2) is 4.98 Å². The van der Waals surface area contributed by atoms with Crippen LogP contribution in [0.1, 0.15) is 17.0 Å². The van der Waals surface area contributed by atoms with Crippen molar-refractivity contribution in [2.45, 2.75) is 25.9 Å². The zero-order chi connectivity index (χ0) is 12.8. The summed E-state index contributed by atoms with van der Waals surface area (Å²) in [5.41, 5.74) is 5.16. The largest absolute Gasteiger partial charge is 0.327 e. The normalized spacial score (nSPS) is 20.1. The highest BCUT2D eigenvalue weighted by Gasteiger charge is 2.18. The van der Waals surface area contributed by atoms with Crippen LogP contribution in [0.4, 0.5) is 0 Å². The Morgan fingerprint density at radius 3 is 3.00 bits per heavy atom. The molecule has 19 heavy (non-hydrogen) atoms. The summed E-state index contributed by atoms with van der Waals surface area (Å²) in [6.07, 6.45) is 1.91. The van der Waals surface area contributed by atoms with E-state index in [4.69, 9.17) is 4.98 Å². The van der Waals surface area contributed by atoms with Gasteiger partial charge in [-0.3, -0.25) is 0 Å². The summed E-state index contributed by atoms with van der Waals surface area (Å²) in [5, 5.41) is 14.4. The maximum Gasteiger partial charge on any atom is 0.111 e. The maximum absolute atomic E-state index is 9.63. The number of fused-ring (bicyclic) bond motifs is 4. The maximum atomic E-state index is 9.63. The lowest BCUT2D eigenvalue weighted by Crippen LogP contribution is -2.23. The van der Waals surface area contributed by atoms with Gasteiger partial charge in [0.15, 0.2) is 0 Å². The van der Waals surface area contributed by atoms with Crippen LogP contribution in [0, 0.1) is 0 Å². The van der Waals surface area contributed by atoms with Crippen molar-refractivity contribution in [2.24, 2.45) is 0 Å². The Morgan fingerprint density at radius 2 is 2.05 bits per heavy atom. The highest BCUT2D eigenvalue weighted by atomic mass is 16.5. The minimum atomic E-state index is 0.671. The van der Waals surface area contributed by atoms with Gasteiger partial charge in [0.25, 0.3) is 0 Å². The van der Waals surface area contributed by atoms with Gasteiger partial charge in [0.2, 0.25) is 0 Å². The SMILES string of the molecule is ON1CCc2nc3cc4c(cc3n2CC1)CCNC4. The smallest absolute Gasteiger partial charge is 0.111 e. The predicted molar refractivity (Wildman–Crippen MR) is 72.2 cm³/mol. The Hall–Kier alpha value is -1.43. The lowest BCUT2D eigenvalue weighted by molar-refractivity contribution is -0.0883. The number of nitrogens with one attached hydrogen (secondary N) is 1. The number of hydrogen-bond donors (Lipinski definition) is 2. The molecule has 0 radical (unpaired) electrons. The van der Waals surface area contributed by atoms with Crippen molar-refractivity contribution in [3.05, 3.63) is 29.1 Å². The van der Waals surface area contributed by atoms with Gasteiger partial charge < -0.3 is 15.1 Å². The first-order chi connectivity index (χ1) is 9.31. The van der Waals surface area contributed by atoms with Crippen LogP contribution < -0.4 is 5.32 Å². The monoisotopic (exact) mass is 258 g/mol. The van der Waals surface area contributed by atoms with Crippen LogP contribution in [-0.2, 0) is 25.9 Å². The van der Waals surface area contributed by atoms with Crippen molar-refractivity contribution in [3.63, 3.8) is 0 Å². The third-order valence-electron chi connectivity index (χ3n) is 4.21. The molecule has 5 nitrogen and oxygen atoms in total. The van der Waals surface area contributed by atoms with Gasteiger partial charge >= 0.3 is 0 Å². The number of hydroxylamine groups is 2. The van der Waals surface area contributed by atoms with Gasteiger partial charge in [-0.1, -0.05) is 0 Å². The topological polar surface area (TPSA) is 53.3 Å². The highest BCUT2D eigenvalue weighted by Crippen LogP contribution is 2.24. The van der Waals surface area contributed by atoms with Crippen molar-refractivity contribution in [2.75, 3.05) is 19.6 Å². The molecule has 0 spiro atoms. The number of aromatic nitrogens is 2. The Bertz CT molecular complexity index is 634. The predicted octanol–water partition coefficient (Wildman–Crippen LogP) is 0.929. The zero-order valence-corrected chi connectivity index (χ0v) is 10.9. The summed E-state index contributed by atoms with van der Waals surface area (Å²) < 4.78 is 2.27. The van der Waals surface area contributed by atoms with Crippen LogP contribution in [0.2, 0.25) is 0 Å². The number of nitrogens with zero attached hydrogens (tertiary/aromatic N) is 3. The van der Waals surface area contributed by atoms with Gasteiger partial charge in [0.05, 0.1) is 11.0 Å². The number of imidazole rings is 1. The lowest BCUT2D eigenvalue weighted by Gasteiger charge is -2.17. The second kappa shape index (κ2) is 4.30. The molecule has 0 amide bonds. The molecule has 2 N–H and O–H groups in total. The third kappa shape index (κ3) is 1.85. The minimum Gasteiger partial charge on any atom is -0.327 e. The molecule has 2 aliphatic rings. The molecule has 0 fully saturated rings. The third-order valence-corrected chi connectivity index (χ3v) is 4.21. The fourth-order valence-corrected chi connectivity index (χ4v) is 3.15. The summed E-state index contributed by atoms with van der Waals surface area (Å²) in [6.45, 7) is 4.18. The molecule has 2 aliphatic heterocycles. The first-order valence-corrected chi connectivity index (χ1v) is 6.97. The molecule has 1 aromatic carbocycles. The molecule has 3 heterocycles. The van der Waals surface area contributed by atoms with E-state index in [9.17, 15) is 5.21 Å². The van der Waals surface area contributed by atoms with Crippen LogP contribution >= 0.6 is 0 Å². The highest BCUT2D eigenvalue weighted by molar-refractivity contribution is 5.78. The van der Waals surface area contributed by atoms with Gasteiger partial charge in [-0.2, -0.15) is 5.06 Å². The number of hydrogen-bond acceptors (Lipinski definition) is 4. The van der Waals surface area contributed by atoms with E-state index in [-0.39, 0.29) is 0 Å². The van der Waals surface area contributed by atoms with Gasteiger partial charge in [0, 0.05) is 32.6 Å². The molecule has 2 aromatic rings. The fourth-order valence-electron chi connectivity index (χ4n) is 3.15. The van der Waals surface area contributed by atoms with Gasteiger partial charge in [-0.15, -0.1) is 0 Å². The molecule has 0 saturated heterocycles. The van der Waals surface area contributed by atoms with Crippen LogP contribution in [-0.4, -0.2) is 39.5 Å². The van der Waals surface area contributed by atoms with E-state index < -0.39 is 0 Å². The molecule has 1 aromatic heterocycles. The number of rotatable bonds is 0. The number of benzene rings is 1. The molecular weight excluding hydrogens is 240 g/mol. The van der Waals surface area contributed by atoms with E-state index in [0.717, 1.165) is 43.8 Å². The van der Waals surface area contributed by atoms with Crippen LogP contribution in [0.15, 0.2) is 12.1 Å². The van der Waals surface area contributed by atoms with E-state index in [0.29, 0.717) is 13.1 Å². The lowest BCUT2D eigenvalue weighted by atomic mass is 10.0. The van der Waals surface area contributed by atoms with E-state index in [2.05, 4.69) is 22.0 Å². The summed E-state index contributed by atoms with van der Waals surface area (Å²) >= 11 is 0. The molecule has 5 heteroatoms. The molecule has 0 aliphatic carbocycles. The molecule has 0 bridgehead atoms. The quantitative estimate of drug-likeness (QED) is 0.738. The second-order valence-corrected chi connectivity index (χ2v) is 5.42. The van der Waals surface area contributed by atoms with Crippen molar-refractivity contribution >= 4 is 11.0 Å². The summed E-state index contributed by atoms with van der Waals surface area (Å²) in [6, 6.07) is 4.53. The average Bonchev–Trinajstić information content (AvgIpc) is 2.66. The Balaban J connectivity index is 1.87. The van der Waals surface area contributed by atoms with Crippen LogP contribution in [0.25, 0.3) is 11.0 Å². The minimum absolute atomic E-state index is 0.671. The standard InChI is InChI=1S/C14H18N4O/c19-17-4-2-14-16-12-7-11-9-15-3-1-10(11)8-13(12)18(14)6-5-17/h7-8,15,19H,1-6,9H2. The van der Waals surface area contributed by atoms with Crippen molar-refractivity contribution in [1.82, 2.24) is 19.9 Å². The molecule has 4 rings (SSSR count). The second-order valence-electron chi connectivity index (χ2n) is 5.42. The average molecular weight is 258 g/mol. The zero-order valence-electron chi connectivity index (χ0n) is 10.9. The first kappa shape index (κ1) is 11.4. The molecule has 0 unspecified atom stereocenters. The van der Waals surface area contributed by atoms with Crippen molar-refractivity contribution in [3.8, 4) is 0 Å².